The highest BCUT2D eigenvalue weighted by atomic mass is 16.5. The average Bonchev–Trinajstić information content (AvgIpc) is 2.40. The Bertz CT molecular complexity index is 409. The van der Waals surface area contributed by atoms with Crippen LogP contribution in [-0.2, 0) is 5.60 Å². The third kappa shape index (κ3) is 3.27. The number of rotatable bonds is 4. The zero-order chi connectivity index (χ0) is 13.9. The normalized spacial score (nSPS) is 27.5. The molecule has 3 nitrogen and oxygen atoms in total. The maximum Gasteiger partial charge on any atom is 0.137 e. The van der Waals surface area contributed by atoms with Gasteiger partial charge in [-0.15, -0.1) is 0 Å². The van der Waals surface area contributed by atoms with Crippen molar-refractivity contribution in [2.45, 2.75) is 52.1 Å². The van der Waals surface area contributed by atoms with Crippen LogP contribution in [0.4, 0.5) is 0 Å². The molecule has 0 spiro atoms. The van der Waals surface area contributed by atoms with Crippen molar-refractivity contribution in [3.05, 3.63) is 24.0 Å². The Hall–Kier alpha value is -1.09. The van der Waals surface area contributed by atoms with E-state index in [2.05, 4.69) is 18.8 Å². The third-order valence-corrected chi connectivity index (χ3v) is 4.36. The Morgan fingerprint density at radius 2 is 2.05 bits per heavy atom. The summed E-state index contributed by atoms with van der Waals surface area (Å²) in [5, 5.41) is 10.8. The predicted octanol–water partition coefficient (Wildman–Crippen LogP) is 3.51. The van der Waals surface area contributed by atoms with E-state index in [1.165, 1.54) is 0 Å². The molecule has 1 N–H and O–H groups in total. The SMILES string of the molecule is CCOc1cncc(C2(O)CCC(C(C)C)CC2)c1. The first-order valence-corrected chi connectivity index (χ1v) is 7.36. The zero-order valence-corrected chi connectivity index (χ0v) is 12.2. The van der Waals surface area contributed by atoms with Gasteiger partial charge in [-0.1, -0.05) is 13.8 Å². The van der Waals surface area contributed by atoms with Crippen LogP contribution in [0.25, 0.3) is 0 Å². The summed E-state index contributed by atoms with van der Waals surface area (Å²) in [6, 6.07) is 1.94. The van der Waals surface area contributed by atoms with Crippen LogP contribution in [0.5, 0.6) is 5.75 Å². The van der Waals surface area contributed by atoms with Crippen LogP contribution in [-0.4, -0.2) is 16.7 Å². The molecule has 0 aromatic carbocycles. The van der Waals surface area contributed by atoms with Gasteiger partial charge in [-0.25, -0.2) is 0 Å². The molecule has 106 valence electrons. The molecule has 2 rings (SSSR count). The Labute approximate surface area is 116 Å². The van der Waals surface area contributed by atoms with Crippen LogP contribution < -0.4 is 4.74 Å². The lowest BCUT2D eigenvalue weighted by Gasteiger charge is -2.37. The van der Waals surface area contributed by atoms with Gasteiger partial charge in [-0.3, -0.25) is 4.98 Å². The van der Waals surface area contributed by atoms with Gasteiger partial charge in [0.2, 0.25) is 0 Å². The molecule has 0 aliphatic heterocycles. The molecule has 0 unspecified atom stereocenters. The number of hydrogen-bond acceptors (Lipinski definition) is 3. The molecule has 1 aromatic rings. The topological polar surface area (TPSA) is 42.4 Å². The first kappa shape index (κ1) is 14.3. The highest BCUT2D eigenvalue weighted by Crippen LogP contribution is 2.42. The lowest BCUT2D eigenvalue weighted by atomic mass is 9.72. The van der Waals surface area contributed by atoms with Crippen molar-refractivity contribution >= 4 is 0 Å². The number of aromatic nitrogens is 1. The fraction of sp³-hybridized carbons (Fsp3) is 0.688. The first-order chi connectivity index (χ1) is 9.05. The standard InChI is InChI=1S/C16H25NO2/c1-4-19-15-9-14(10-17-11-15)16(18)7-5-13(6-8-16)12(2)3/h9-13,18H,4-8H2,1-3H3. The highest BCUT2D eigenvalue weighted by molar-refractivity contribution is 5.28. The molecular formula is C16H25NO2. The fourth-order valence-electron chi connectivity index (χ4n) is 2.99. The Kier molecular flexibility index (Phi) is 4.46. The van der Waals surface area contributed by atoms with E-state index in [0.29, 0.717) is 12.5 Å². The summed E-state index contributed by atoms with van der Waals surface area (Å²) in [7, 11) is 0. The van der Waals surface area contributed by atoms with Crippen molar-refractivity contribution in [2.24, 2.45) is 11.8 Å². The monoisotopic (exact) mass is 263 g/mol. The molecule has 1 aliphatic carbocycles. The van der Waals surface area contributed by atoms with Gasteiger partial charge in [0, 0.05) is 11.8 Å². The van der Waals surface area contributed by atoms with E-state index in [9.17, 15) is 5.11 Å². The van der Waals surface area contributed by atoms with Crippen molar-refractivity contribution in [3.63, 3.8) is 0 Å². The number of aliphatic hydroxyl groups is 1. The predicted molar refractivity (Wildman–Crippen MR) is 76.1 cm³/mol. The summed E-state index contributed by atoms with van der Waals surface area (Å²) in [6.45, 7) is 7.12. The third-order valence-electron chi connectivity index (χ3n) is 4.36. The summed E-state index contributed by atoms with van der Waals surface area (Å²) in [5.74, 6) is 2.19. The van der Waals surface area contributed by atoms with Gasteiger partial charge < -0.3 is 9.84 Å². The first-order valence-electron chi connectivity index (χ1n) is 7.36. The number of pyridine rings is 1. The Morgan fingerprint density at radius 1 is 1.37 bits per heavy atom. The largest absolute Gasteiger partial charge is 0.492 e. The van der Waals surface area contributed by atoms with Gasteiger partial charge in [0.05, 0.1) is 18.4 Å². The van der Waals surface area contributed by atoms with Crippen LogP contribution in [0.3, 0.4) is 0 Å². The summed E-state index contributed by atoms with van der Waals surface area (Å²) in [5.41, 5.74) is 0.187. The quantitative estimate of drug-likeness (QED) is 0.904. The van der Waals surface area contributed by atoms with Gasteiger partial charge in [0.15, 0.2) is 0 Å². The molecular weight excluding hydrogens is 238 g/mol. The van der Waals surface area contributed by atoms with Crippen molar-refractivity contribution in [3.8, 4) is 5.75 Å². The van der Waals surface area contributed by atoms with Crippen molar-refractivity contribution < 1.29 is 9.84 Å². The molecule has 1 aliphatic rings. The number of nitrogens with zero attached hydrogens (tertiary/aromatic N) is 1. The molecule has 1 aromatic heterocycles. The van der Waals surface area contributed by atoms with E-state index >= 15 is 0 Å². The van der Waals surface area contributed by atoms with E-state index < -0.39 is 5.60 Å². The van der Waals surface area contributed by atoms with Crippen molar-refractivity contribution in [1.29, 1.82) is 0 Å². The van der Waals surface area contributed by atoms with Gasteiger partial charge in [-0.2, -0.15) is 0 Å². The van der Waals surface area contributed by atoms with Crippen LogP contribution in [0.2, 0.25) is 0 Å². The molecule has 1 fully saturated rings. The molecule has 1 heterocycles. The Balaban J connectivity index is 2.10. The van der Waals surface area contributed by atoms with Gasteiger partial charge in [-0.05, 0) is 50.5 Å². The molecule has 0 atom stereocenters. The van der Waals surface area contributed by atoms with Crippen LogP contribution in [0, 0.1) is 11.8 Å². The van der Waals surface area contributed by atoms with Gasteiger partial charge >= 0.3 is 0 Å². The molecule has 0 bridgehead atoms. The van der Waals surface area contributed by atoms with Crippen molar-refractivity contribution in [1.82, 2.24) is 4.98 Å². The van der Waals surface area contributed by atoms with E-state index in [1.807, 2.05) is 13.0 Å². The van der Waals surface area contributed by atoms with Crippen LogP contribution in [0.1, 0.15) is 52.0 Å². The zero-order valence-electron chi connectivity index (χ0n) is 12.2. The second-order valence-electron chi connectivity index (χ2n) is 5.96. The summed E-state index contributed by atoms with van der Waals surface area (Å²) in [6.07, 6.45) is 7.31. The maximum absolute atomic E-state index is 10.8. The Morgan fingerprint density at radius 3 is 2.63 bits per heavy atom. The lowest BCUT2D eigenvalue weighted by molar-refractivity contribution is -0.0204. The molecule has 19 heavy (non-hydrogen) atoms. The van der Waals surface area contributed by atoms with Crippen LogP contribution >= 0.6 is 0 Å². The van der Waals surface area contributed by atoms with E-state index in [0.717, 1.165) is 42.9 Å². The smallest absolute Gasteiger partial charge is 0.137 e. The summed E-state index contributed by atoms with van der Waals surface area (Å²) in [4.78, 5) is 4.19. The minimum absolute atomic E-state index is 0.624. The maximum atomic E-state index is 10.8. The minimum Gasteiger partial charge on any atom is -0.492 e. The summed E-state index contributed by atoms with van der Waals surface area (Å²) < 4.78 is 5.47. The number of hydrogen-bond donors (Lipinski definition) is 1. The van der Waals surface area contributed by atoms with Crippen LogP contribution in [0.15, 0.2) is 18.5 Å². The molecule has 1 saturated carbocycles. The highest BCUT2D eigenvalue weighted by Gasteiger charge is 2.36. The minimum atomic E-state index is -0.717. The molecule has 3 heteroatoms. The van der Waals surface area contributed by atoms with E-state index in [1.54, 1.807) is 12.4 Å². The van der Waals surface area contributed by atoms with E-state index in [4.69, 9.17) is 4.74 Å². The van der Waals surface area contributed by atoms with Gasteiger partial charge in [0.1, 0.15) is 5.75 Å². The lowest BCUT2D eigenvalue weighted by Crippen LogP contribution is -2.33. The second kappa shape index (κ2) is 5.91. The molecule has 0 radical (unpaired) electrons. The number of ether oxygens (including phenoxy) is 1. The summed E-state index contributed by atoms with van der Waals surface area (Å²) >= 11 is 0. The van der Waals surface area contributed by atoms with Gasteiger partial charge in [0.25, 0.3) is 0 Å². The van der Waals surface area contributed by atoms with E-state index in [-0.39, 0.29) is 0 Å². The average molecular weight is 263 g/mol. The van der Waals surface area contributed by atoms with Crippen molar-refractivity contribution in [2.75, 3.05) is 6.61 Å². The molecule has 0 saturated heterocycles. The second-order valence-corrected chi connectivity index (χ2v) is 5.96. The molecule has 0 amide bonds. The fourth-order valence-corrected chi connectivity index (χ4v) is 2.99.